The molecule has 1 amide bonds. The van der Waals surface area contributed by atoms with Crippen LogP contribution >= 0.6 is 0 Å². The molecule has 7 heteroatoms. The number of hydrogen-bond acceptors (Lipinski definition) is 6. The third-order valence-corrected chi connectivity index (χ3v) is 6.37. The Balaban J connectivity index is 1.46. The number of nitrogens with zero attached hydrogens (tertiary/aromatic N) is 2. The highest BCUT2D eigenvalue weighted by atomic mass is 16.5. The van der Waals surface area contributed by atoms with Crippen LogP contribution in [-0.2, 0) is 4.79 Å². The summed E-state index contributed by atoms with van der Waals surface area (Å²) in [4.78, 5) is 21.8. The predicted molar refractivity (Wildman–Crippen MR) is 155 cm³/mol. The van der Waals surface area contributed by atoms with Gasteiger partial charge in [0.2, 0.25) is 0 Å². The average molecular weight is 508 g/mol. The quantitative estimate of drug-likeness (QED) is 0.253. The largest absolute Gasteiger partial charge is 0.484 e. The van der Waals surface area contributed by atoms with E-state index in [1.807, 2.05) is 44.2 Å². The van der Waals surface area contributed by atoms with E-state index in [1.165, 1.54) is 0 Å². The standard InChI is InChI=1S/C31H33N5O2/c1-5-23-11-10-21-16-24(12-14-27(21)33-23)34-31-26-15-20(4)9-13-28(26)35-30(36-31)22-7-6-8-25(17-22)38-18-29(37)32-19(2)3/h6-17,19,23,33H,5,18H2,1-4H3,(H,32,37)(H,34,35,36). The van der Waals surface area contributed by atoms with Crippen LogP contribution in [0.4, 0.5) is 17.2 Å². The molecule has 1 aliphatic heterocycles. The first-order chi connectivity index (χ1) is 18.4. The molecule has 38 heavy (non-hydrogen) atoms. The molecule has 0 saturated heterocycles. The Bertz CT molecular complexity index is 1510. The predicted octanol–water partition coefficient (Wildman–Crippen LogP) is 6.47. The Labute approximate surface area is 223 Å². The maximum atomic E-state index is 12.0. The summed E-state index contributed by atoms with van der Waals surface area (Å²) >= 11 is 0. The molecule has 0 bridgehead atoms. The van der Waals surface area contributed by atoms with Crippen molar-refractivity contribution >= 4 is 40.1 Å². The van der Waals surface area contributed by atoms with E-state index in [9.17, 15) is 4.79 Å². The van der Waals surface area contributed by atoms with Crippen LogP contribution < -0.4 is 20.7 Å². The molecule has 3 aromatic carbocycles. The maximum absolute atomic E-state index is 12.0. The van der Waals surface area contributed by atoms with Gasteiger partial charge in [-0.1, -0.05) is 42.8 Å². The summed E-state index contributed by atoms with van der Waals surface area (Å²) in [6, 6.07) is 20.4. The Morgan fingerprint density at radius 1 is 1.08 bits per heavy atom. The van der Waals surface area contributed by atoms with Gasteiger partial charge in [-0.05, 0) is 75.2 Å². The van der Waals surface area contributed by atoms with E-state index >= 15 is 0 Å². The van der Waals surface area contributed by atoms with E-state index in [2.05, 4.69) is 72.3 Å². The minimum absolute atomic E-state index is 0.0487. The first kappa shape index (κ1) is 25.3. The molecule has 0 aliphatic carbocycles. The van der Waals surface area contributed by atoms with Gasteiger partial charge in [-0.2, -0.15) is 0 Å². The first-order valence-corrected chi connectivity index (χ1v) is 13.0. The van der Waals surface area contributed by atoms with E-state index in [4.69, 9.17) is 14.7 Å². The topological polar surface area (TPSA) is 88.2 Å². The van der Waals surface area contributed by atoms with E-state index < -0.39 is 0 Å². The molecule has 194 valence electrons. The Kier molecular flexibility index (Phi) is 7.26. The highest BCUT2D eigenvalue weighted by Crippen LogP contribution is 2.32. The molecular weight excluding hydrogens is 474 g/mol. The second kappa shape index (κ2) is 10.9. The van der Waals surface area contributed by atoms with Gasteiger partial charge in [0.1, 0.15) is 11.6 Å². The van der Waals surface area contributed by atoms with Crippen LogP contribution in [0.15, 0.2) is 66.7 Å². The minimum atomic E-state index is -0.158. The molecule has 3 N–H and O–H groups in total. The van der Waals surface area contributed by atoms with E-state index in [0.29, 0.717) is 17.6 Å². The van der Waals surface area contributed by atoms with Crippen LogP contribution in [0.25, 0.3) is 28.4 Å². The minimum Gasteiger partial charge on any atom is -0.484 e. The van der Waals surface area contributed by atoms with E-state index in [1.54, 1.807) is 0 Å². The number of rotatable bonds is 8. The van der Waals surface area contributed by atoms with Crippen molar-refractivity contribution in [2.45, 2.75) is 46.2 Å². The zero-order valence-corrected chi connectivity index (χ0v) is 22.2. The second-order valence-corrected chi connectivity index (χ2v) is 9.90. The summed E-state index contributed by atoms with van der Waals surface area (Å²) in [5.41, 5.74) is 6.01. The number of carbonyl (C=O) groups excluding carboxylic acids is 1. The Hall–Kier alpha value is -4.39. The summed E-state index contributed by atoms with van der Waals surface area (Å²) in [5.74, 6) is 1.74. The molecule has 0 radical (unpaired) electrons. The number of fused-ring (bicyclic) bond motifs is 2. The lowest BCUT2D eigenvalue weighted by Gasteiger charge is -2.22. The summed E-state index contributed by atoms with van der Waals surface area (Å²) in [6.45, 7) is 8.03. The van der Waals surface area contributed by atoms with Crippen LogP contribution in [0.1, 0.15) is 38.3 Å². The van der Waals surface area contributed by atoms with Gasteiger partial charge in [0.25, 0.3) is 5.91 Å². The number of carbonyl (C=O) groups is 1. The lowest BCUT2D eigenvalue weighted by atomic mass is 10.0. The summed E-state index contributed by atoms with van der Waals surface area (Å²) in [5, 5.41) is 10.9. The van der Waals surface area contributed by atoms with Crippen molar-refractivity contribution < 1.29 is 9.53 Å². The molecule has 7 nitrogen and oxygen atoms in total. The van der Waals surface area contributed by atoms with Crippen molar-refractivity contribution in [1.82, 2.24) is 15.3 Å². The second-order valence-electron chi connectivity index (χ2n) is 9.90. The van der Waals surface area contributed by atoms with Crippen LogP contribution in [0, 0.1) is 6.92 Å². The monoisotopic (exact) mass is 507 g/mol. The molecule has 1 unspecified atom stereocenters. The number of amides is 1. The Morgan fingerprint density at radius 2 is 1.95 bits per heavy atom. The van der Waals surface area contributed by atoms with Crippen LogP contribution in [0.2, 0.25) is 0 Å². The average Bonchev–Trinajstić information content (AvgIpc) is 2.91. The highest BCUT2D eigenvalue weighted by molar-refractivity contribution is 5.93. The summed E-state index contributed by atoms with van der Waals surface area (Å²) in [7, 11) is 0. The zero-order chi connectivity index (χ0) is 26.6. The fourth-order valence-electron chi connectivity index (χ4n) is 4.46. The fraction of sp³-hybridized carbons (Fsp3) is 0.258. The van der Waals surface area contributed by atoms with Crippen LogP contribution in [-0.4, -0.2) is 34.6 Å². The van der Waals surface area contributed by atoms with Crippen molar-refractivity contribution in [3.8, 4) is 17.1 Å². The molecule has 2 heterocycles. The molecule has 4 aromatic rings. The van der Waals surface area contributed by atoms with E-state index in [-0.39, 0.29) is 18.6 Å². The maximum Gasteiger partial charge on any atom is 0.258 e. The van der Waals surface area contributed by atoms with Crippen molar-refractivity contribution in [2.75, 3.05) is 17.2 Å². The van der Waals surface area contributed by atoms with Crippen LogP contribution in [0.5, 0.6) is 5.75 Å². The van der Waals surface area contributed by atoms with Gasteiger partial charge in [0.15, 0.2) is 12.4 Å². The van der Waals surface area contributed by atoms with Gasteiger partial charge >= 0.3 is 0 Å². The molecular formula is C31H33N5O2. The molecule has 0 fully saturated rings. The van der Waals surface area contributed by atoms with Crippen molar-refractivity contribution in [1.29, 1.82) is 0 Å². The van der Waals surface area contributed by atoms with Gasteiger partial charge < -0.3 is 20.7 Å². The number of ether oxygens (including phenoxy) is 1. The summed E-state index contributed by atoms with van der Waals surface area (Å²) in [6.07, 6.45) is 5.42. The summed E-state index contributed by atoms with van der Waals surface area (Å²) < 4.78 is 5.73. The SMILES string of the molecule is CCC1C=Cc2cc(Nc3nc(-c4cccc(OCC(=O)NC(C)C)c4)nc4ccc(C)cc34)ccc2N1. The normalized spacial score (nSPS) is 14.2. The number of hydrogen-bond donors (Lipinski definition) is 3. The van der Waals surface area contributed by atoms with Crippen molar-refractivity contribution in [2.24, 2.45) is 0 Å². The van der Waals surface area contributed by atoms with Gasteiger partial charge in [-0.25, -0.2) is 9.97 Å². The lowest BCUT2D eigenvalue weighted by molar-refractivity contribution is -0.123. The molecule has 0 spiro atoms. The number of aromatic nitrogens is 2. The van der Waals surface area contributed by atoms with Crippen LogP contribution in [0.3, 0.4) is 0 Å². The zero-order valence-electron chi connectivity index (χ0n) is 22.2. The molecule has 5 rings (SSSR count). The number of nitrogens with one attached hydrogen (secondary N) is 3. The number of benzene rings is 3. The smallest absolute Gasteiger partial charge is 0.258 e. The van der Waals surface area contributed by atoms with Gasteiger partial charge in [-0.15, -0.1) is 0 Å². The Morgan fingerprint density at radius 3 is 2.76 bits per heavy atom. The highest BCUT2D eigenvalue weighted by Gasteiger charge is 2.14. The fourth-order valence-corrected chi connectivity index (χ4v) is 4.46. The first-order valence-electron chi connectivity index (χ1n) is 13.0. The van der Waals surface area contributed by atoms with E-state index in [0.717, 1.165) is 51.2 Å². The number of anilines is 3. The number of aryl methyl sites for hydroxylation is 1. The van der Waals surface area contributed by atoms with Gasteiger partial charge in [0, 0.05) is 34.4 Å². The van der Waals surface area contributed by atoms with Gasteiger partial charge in [-0.3, -0.25) is 4.79 Å². The molecule has 0 saturated carbocycles. The molecule has 1 aliphatic rings. The third kappa shape index (κ3) is 5.78. The van der Waals surface area contributed by atoms with Crippen molar-refractivity contribution in [3.05, 3.63) is 77.9 Å². The molecule has 1 aromatic heterocycles. The third-order valence-electron chi connectivity index (χ3n) is 6.37. The van der Waals surface area contributed by atoms with Gasteiger partial charge in [0.05, 0.1) is 5.52 Å². The molecule has 1 atom stereocenters. The lowest BCUT2D eigenvalue weighted by Crippen LogP contribution is -2.34. The van der Waals surface area contributed by atoms with Crippen molar-refractivity contribution in [3.63, 3.8) is 0 Å².